The van der Waals surface area contributed by atoms with E-state index in [0.29, 0.717) is 12.5 Å². The monoisotopic (exact) mass is 335 g/mol. The molecule has 2 fully saturated rings. The van der Waals surface area contributed by atoms with Crippen LogP contribution in [0.25, 0.3) is 0 Å². The third-order valence-electron chi connectivity index (χ3n) is 3.51. The van der Waals surface area contributed by atoms with Crippen molar-refractivity contribution in [3.05, 3.63) is 5.89 Å². The number of hydrogen-bond acceptors (Lipinski definition) is 7. The number of ether oxygens (including phenoxy) is 1. The number of carbonyl (C=O) groups is 1. The molecular weight excluding hydrogens is 322 g/mol. The van der Waals surface area contributed by atoms with E-state index < -0.39 is 9.05 Å². The second-order valence-electron chi connectivity index (χ2n) is 5.20. The lowest BCUT2D eigenvalue weighted by Crippen LogP contribution is -2.25. The standard InChI is InChI=1S/C11H14ClN3O5S/c12-21(17,18)6-7-4-9(16)15(5-7)11-14-13-10(20-11)8-2-1-3-19-8/h7-8H,1-6H2. The Morgan fingerprint density at radius 1 is 1.38 bits per heavy atom. The maximum atomic E-state index is 11.9. The van der Waals surface area contributed by atoms with Crippen LogP contribution in [0.15, 0.2) is 4.42 Å². The molecule has 0 saturated carbocycles. The van der Waals surface area contributed by atoms with Crippen LogP contribution < -0.4 is 4.90 Å². The summed E-state index contributed by atoms with van der Waals surface area (Å²) in [7, 11) is 1.58. The summed E-state index contributed by atoms with van der Waals surface area (Å²) in [5, 5.41) is 7.75. The molecule has 0 aromatic carbocycles. The van der Waals surface area contributed by atoms with Crippen molar-refractivity contribution in [1.82, 2.24) is 10.2 Å². The zero-order valence-corrected chi connectivity index (χ0v) is 12.6. The molecule has 1 aromatic heterocycles. The Kier molecular flexibility index (Phi) is 3.89. The number of halogens is 1. The van der Waals surface area contributed by atoms with Crippen molar-refractivity contribution >= 4 is 31.7 Å². The van der Waals surface area contributed by atoms with E-state index in [1.165, 1.54) is 4.90 Å². The first-order valence-electron chi connectivity index (χ1n) is 6.60. The van der Waals surface area contributed by atoms with Gasteiger partial charge in [0.2, 0.25) is 20.8 Å². The van der Waals surface area contributed by atoms with E-state index in [4.69, 9.17) is 19.8 Å². The molecule has 116 valence electrons. The number of carbonyl (C=O) groups excluding carboxylic acids is 1. The summed E-state index contributed by atoms with van der Waals surface area (Å²) in [6, 6.07) is 0.0833. The summed E-state index contributed by atoms with van der Waals surface area (Å²) in [4.78, 5) is 13.2. The van der Waals surface area contributed by atoms with Crippen molar-refractivity contribution in [1.29, 1.82) is 0 Å². The van der Waals surface area contributed by atoms with Crippen molar-refractivity contribution in [3.63, 3.8) is 0 Å². The van der Waals surface area contributed by atoms with Crippen molar-refractivity contribution in [2.45, 2.75) is 25.4 Å². The van der Waals surface area contributed by atoms with Crippen molar-refractivity contribution in [2.75, 3.05) is 23.8 Å². The minimum atomic E-state index is -3.64. The van der Waals surface area contributed by atoms with E-state index in [-0.39, 0.29) is 42.7 Å². The van der Waals surface area contributed by atoms with Crippen molar-refractivity contribution in [2.24, 2.45) is 5.92 Å². The first-order valence-corrected chi connectivity index (χ1v) is 9.08. The van der Waals surface area contributed by atoms with Gasteiger partial charge in [-0.1, -0.05) is 5.10 Å². The van der Waals surface area contributed by atoms with E-state index in [2.05, 4.69) is 10.2 Å². The van der Waals surface area contributed by atoms with Crippen molar-refractivity contribution in [3.8, 4) is 0 Å². The average Bonchev–Trinajstić information content (AvgIpc) is 3.06. The second kappa shape index (κ2) is 5.54. The molecule has 0 spiro atoms. The summed E-state index contributed by atoms with van der Waals surface area (Å²) in [5.74, 6) is -0.506. The lowest BCUT2D eigenvalue weighted by atomic mass is 10.1. The largest absolute Gasteiger partial charge is 0.405 e. The Morgan fingerprint density at radius 2 is 2.19 bits per heavy atom. The number of anilines is 1. The van der Waals surface area contributed by atoms with Crippen LogP contribution in [0.5, 0.6) is 0 Å². The molecule has 2 atom stereocenters. The molecule has 0 radical (unpaired) electrons. The number of amides is 1. The normalized spacial score (nSPS) is 26.7. The molecule has 3 heterocycles. The van der Waals surface area contributed by atoms with Crippen LogP contribution in [0.1, 0.15) is 31.3 Å². The zero-order chi connectivity index (χ0) is 15.0. The molecule has 2 aliphatic heterocycles. The van der Waals surface area contributed by atoms with Crippen LogP contribution in [0, 0.1) is 5.92 Å². The lowest BCUT2D eigenvalue weighted by molar-refractivity contribution is -0.117. The number of nitrogens with zero attached hydrogens (tertiary/aromatic N) is 3. The fourth-order valence-electron chi connectivity index (χ4n) is 2.60. The summed E-state index contributed by atoms with van der Waals surface area (Å²) in [5.41, 5.74) is 0. The second-order valence-corrected chi connectivity index (χ2v) is 8.03. The highest BCUT2D eigenvalue weighted by Crippen LogP contribution is 2.31. The number of rotatable bonds is 4. The zero-order valence-electron chi connectivity index (χ0n) is 11.1. The van der Waals surface area contributed by atoms with Crippen LogP contribution >= 0.6 is 10.7 Å². The van der Waals surface area contributed by atoms with Gasteiger partial charge in [0.25, 0.3) is 0 Å². The molecular formula is C11H14ClN3O5S. The maximum absolute atomic E-state index is 11.9. The van der Waals surface area contributed by atoms with Gasteiger partial charge in [0.05, 0.1) is 5.75 Å². The summed E-state index contributed by atoms with van der Waals surface area (Å²) in [6.45, 7) is 0.860. The predicted molar refractivity (Wildman–Crippen MR) is 72.3 cm³/mol. The molecule has 1 amide bonds. The fraction of sp³-hybridized carbons (Fsp3) is 0.727. The SMILES string of the molecule is O=C1CC(CS(=O)(=O)Cl)CN1c1nnc(C2CCCO2)o1. The molecule has 2 unspecified atom stereocenters. The molecule has 3 rings (SSSR count). The first-order chi connectivity index (χ1) is 9.92. The topological polar surface area (TPSA) is 103 Å². The van der Waals surface area contributed by atoms with E-state index in [0.717, 1.165) is 12.8 Å². The summed E-state index contributed by atoms with van der Waals surface area (Å²) < 4.78 is 33.1. The third-order valence-corrected chi connectivity index (χ3v) is 4.75. The van der Waals surface area contributed by atoms with Gasteiger partial charge in [0.15, 0.2) is 0 Å². The maximum Gasteiger partial charge on any atom is 0.325 e. The predicted octanol–water partition coefficient (Wildman–Crippen LogP) is 0.843. The average molecular weight is 336 g/mol. The quantitative estimate of drug-likeness (QED) is 0.751. The summed E-state index contributed by atoms with van der Waals surface area (Å²) in [6.07, 6.45) is 1.62. The Bertz CT molecular complexity index is 640. The van der Waals surface area contributed by atoms with E-state index in [1.54, 1.807) is 0 Å². The molecule has 1 aromatic rings. The van der Waals surface area contributed by atoms with E-state index >= 15 is 0 Å². The highest BCUT2D eigenvalue weighted by Gasteiger charge is 2.36. The number of hydrogen-bond donors (Lipinski definition) is 0. The number of aromatic nitrogens is 2. The first kappa shape index (κ1) is 14.7. The Labute approximate surface area is 125 Å². The van der Waals surface area contributed by atoms with Crippen LogP contribution in [0.3, 0.4) is 0 Å². The smallest absolute Gasteiger partial charge is 0.325 e. The van der Waals surface area contributed by atoms with Gasteiger partial charge < -0.3 is 9.15 Å². The molecule has 0 N–H and O–H groups in total. The van der Waals surface area contributed by atoms with Gasteiger partial charge in [-0.05, 0) is 12.8 Å². The molecule has 10 heteroatoms. The van der Waals surface area contributed by atoms with E-state index in [9.17, 15) is 13.2 Å². The Balaban J connectivity index is 1.70. The van der Waals surface area contributed by atoms with Gasteiger partial charge in [-0.25, -0.2) is 8.42 Å². The molecule has 8 nitrogen and oxygen atoms in total. The fourth-order valence-corrected chi connectivity index (χ4v) is 3.92. The molecule has 0 aliphatic carbocycles. The summed E-state index contributed by atoms with van der Waals surface area (Å²) >= 11 is 0. The molecule has 21 heavy (non-hydrogen) atoms. The van der Waals surface area contributed by atoms with E-state index in [1.807, 2.05) is 0 Å². The van der Waals surface area contributed by atoms with Crippen LogP contribution in [-0.4, -0.2) is 43.4 Å². The lowest BCUT2D eigenvalue weighted by Gasteiger charge is -2.10. The Morgan fingerprint density at radius 3 is 2.86 bits per heavy atom. The van der Waals surface area contributed by atoms with Crippen LogP contribution in [-0.2, 0) is 18.6 Å². The van der Waals surface area contributed by atoms with Gasteiger partial charge in [-0.15, -0.1) is 5.10 Å². The van der Waals surface area contributed by atoms with Gasteiger partial charge in [0.1, 0.15) is 6.10 Å². The van der Waals surface area contributed by atoms with Crippen LogP contribution in [0.4, 0.5) is 6.01 Å². The third kappa shape index (κ3) is 3.35. The van der Waals surface area contributed by atoms with Gasteiger partial charge in [-0.3, -0.25) is 9.69 Å². The molecule has 2 saturated heterocycles. The van der Waals surface area contributed by atoms with Crippen molar-refractivity contribution < 1.29 is 22.4 Å². The van der Waals surface area contributed by atoms with Gasteiger partial charge in [-0.2, -0.15) is 0 Å². The Hall–Kier alpha value is -1.19. The highest BCUT2D eigenvalue weighted by atomic mass is 35.7. The highest BCUT2D eigenvalue weighted by molar-refractivity contribution is 8.13. The van der Waals surface area contributed by atoms with Crippen LogP contribution in [0.2, 0.25) is 0 Å². The molecule has 0 bridgehead atoms. The molecule has 2 aliphatic rings. The minimum absolute atomic E-state index is 0.0833. The van der Waals surface area contributed by atoms with Gasteiger partial charge >= 0.3 is 6.01 Å². The van der Waals surface area contributed by atoms with Gasteiger partial charge in [0, 0.05) is 36.2 Å². The minimum Gasteiger partial charge on any atom is -0.405 e.